The van der Waals surface area contributed by atoms with Gasteiger partial charge in [-0.25, -0.2) is 14.4 Å². The van der Waals surface area contributed by atoms with E-state index in [-0.39, 0.29) is 18.3 Å². The second-order valence-corrected chi connectivity index (χ2v) is 13.9. The lowest BCUT2D eigenvalue weighted by molar-refractivity contribution is -0.138. The van der Waals surface area contributed by atoms with Crippen molar-refractivity contribution >= 4 is 47.1 Å². The van der Waals surface area contributed by atoms with Crippen LogP contribution in [0.2, 0.25) is 0 Å². The first-order valence-corrected chi connectivity index (χ1v) is 17.2. The number of carbonyl (C=O) groups excluding carboxylic acids is 3. The first kappa shape index (κ1) is 41.7. The van der Waals surface area contributed by atoms with Gasteiger partial charge in [0.25, 0.3) is 5.56 Å². The van der Waals surface area contributed by atoms with E-state index in [2.05, 4.69) is 15.6 Å². The molecule has 284 valence electrons. The van der Waals surface area contributed by atoms with Crippen LogP contribution in [0.4, 0.5) is 21.0 Å². The number of aromatic nitrogens is 1. The van der Waals surface area contributed by atoms with Crippen LogP contribution in [-0.4, -0.2) is 70.4 Å². The third kappa shape index (κ3) is 12.8. The van der Waals surface area contributed by atoms with Crippen molar-refractivity contribution in [2.24, 2.45) is 0 Å². The minimum absolute atomic E-state index is 0.0833. The van der Waals surface area contributed by atoms with Gasteiger partial charge in [0.1, 0.15) is 12.4 Å². The Kier molecular flexibility index (Phi) is 14.7. The van der Waals surface area contributed by atoms with Crippen molar-refractivity contribution in [1.82, 2.24) is 9.88 Å². The molecule has 4 aromatic rings. The third-order valence-electron chi connectivity index (χ3n) is 8.23. The molecule has 13 nitrogen and oxygen atoms in total. The van der Waals surface area contributed by atoms with Crippen LogP contribution in [0.25, 0.3) is 10.8 Å². The van der Waals surface area contributed by atoms with Gasteiger partial charge in [-0.05, 0) is 123 Å². The third-order valence-corrected chi connectivity index (χ3v) is 8.23. The number of nitrogens with one attached hydrogen (secondary N) is 3. The summed E-state index contributed by atoms with van der Waals surface area (Å²) in [7, 11) is 1.66. The highest BCUT2D eigenvalue weighted by molar-refractivity contribution is 5.87. The van der Waals surface area contributed by atoms with Crippen molar-refractivity contribution in [3.05, 3.63) is 105 Å². The van der Waals surface area contributed by atoms with Gasteiger partial charge in [0, 0.05) is 43.0 Å². The molecule has 0 radical (unpaired) electrons. The molecule has 1 aliphatic carbocycles. The average Bonchev–Trinajstić information content (AvgIpc) is 3.88. The van der Waals surface area contributed by atoms with Gasteiger partial charge in [-0.3, -0.25) is 10.1 Å². The fraction of sp³-hybridized carbons (Fsp3) is 0.375. The highest BCUT2D eigenvalue weighted by atomic mass is 16.6. The molecule has 1 fully saturated rings. The van der Waals surface area contributed by atoms with Gasteiger partial charge in [-0.2, -0.15) is 0 Å². The first-order valence-electron chi connectivity index (χ1n) is 17.2. The molecule has 5 N–H and O–H groups in total. The Morgan fingerprint density at radius 2 is 1.58 bits per heavy atom. The van der Waals surface area contributed by atoms with Crippen LogP contribution in [-0.2, 0) is 32.0 Å². The Balaban J connectivity index is 0.00000116. The van der Waals surface area contributed by atoms with Crippen LogP contribution in [0.5, 0.6) is 0 Å². The van der Waals surface area contributed by atoms with Gasteiger partial charge in [-0.1, -0.05) is 24.3 Å². The maximum atomic E-state index is 12.6. The number of ether oxygens (including phenoxy) is 2. The summed E-state index contributed by atoms with van der Waals surface area (Å²) in [5.74, 6) is -1.06. The van der Waals surface area contributed by atoms with E-state index in [1.165, 1.54) is 4.90 Å². The lowest BCUT2D eigenvalue weighted by Gasteiger charge is -2.25. The molecule has 1 aromatic heterocycles. The molecule has 0 spiro atoms. The summed E-state index contributed by atoms with van der Waals surface area (Å²) in [4.78, 5) is 61.7. The number of aliphatic hydroxyl groups is 1. The van der Waals surface area contributed by atoms with Gasteiger partial charge >= 0.3 is 18.2 Å². The normalized spacial score (nSPS) is 12.6. The van der Waals surface area contributed by atoms with Crippen molar-refractivity contribution in [3.8, 4) is 0 Å². The van der Waals surface area contributed by atoms with E-state index in [1.807, 2.05) is 66.5 Å². The van der Waals surface area contributed by atoms with E-state index in [0.29, 0.717) is 35.3 Å². The Morgan fingerprint density at radius 3 is 2.17 bits per heavy atom. The molecule has 0 bridgehead atoms. The fourth-order valence-corrected chi connectivity index (χ4v) is 5.37. The second kappa shape index (κ2) is 18.7. The molecule has 53 heavy (non-hydrogen) atoms. The number of anilines is 2. The number of carbonyl (C=O) groups is 4. The molecule has 1 aliphatic rings. The zero-order chi connectivity index (χ0) is 39.5. The summed E-state index contributed by atoms with van der Waals surface area (Å²) < 4.78 is 10.9. The maximum absolute atomic E-state index is 12.6. The predicted molar refractivity (Wildman–Crippen MR) is 204 cm³/mol. The molecule has 1 heterocycles. The molecule has 1 saturated carbocycles. The lowest BCUT2D eigenvalue weighted by atomic mass is 9.94. The Hall–Kier alpha value is -5.69. The van der Waals surface area contributed by atoms with Crippen molar-refractivity contribution in [2.75, 3.05) is 24.3 Å². The monoisotopic (exact) mass is 730 g/mol. The zero-order valence-corrected chi connectivity index (χ0v) is 31.4. The summed E-state index contributed by atoms with van der Waals surface area (Å²) in [6.45, 7) is 13.6. The number of hydrogen-bond donors (Lipinski definition) is 5. The van der Waals surface area contributed by atoms with E-state index in [1.54, 1.807) is 49.6 Å². The number of carboxylic acid groups (broad SMARTS) is 1. The number of H-pyrrole nitrogens is 1. The Morgan fingerprint density at radius 1 is 0.962 bits per heavy atom. The molecule has 13 heteroatoms. The molecule has 2 amide bonds. The summed E-state index contributed by atoms with van der Waals surface area (Å²) >= 11 is 0. The summed E-state index contributed by atoms with van der Waals surface area (Å²) in [5.41, 5.74) is 5.24. The number of hydrogen-bond acceptors (Lipinski definition) is 9. The lowest BCUT2D eigenvalue weighted by Crippen LogP contribution is -2.34. The molecular weight excluding hydrogens is 680 g/mol. The van der Waals surface area contributed by atoms with Crippen molar-refractivity contribution in [2.45, 2.75) is 85.1 Å². The first-order chi connectivity index (χ1) is 25.0. The van der Waals surface area contributed by atoms with E-state index >= 15 is 0 Å². The Labute approximate surface area is 309 Å². The van der Waals surface area contributed by atoms with E-state index in [9.17, 15) is 24.3 Å². The number of aliphatic hydroxyl groups excluding tert-OH is 1. The number of pyridine rings is 1. The number of aryl methyl sites for hydroxylation is 3. The average molecular weight is 731 g/mol. The quantitative estimate of drug-likeness (QED) is 0.116. The number of nitrogens with zero attached hydrogens (tertiary/aromatic N) is 1. The maximum Gasteiger partial charge on any atom is 0.411 e. The second-order valence-electron chi connectivity index (χ2n) is 13.9. The van der Waals surface area contributed by atoms with Crippen molar-refractivity contribution in [3.63, 3.8) is 0 Å². The minimum Gasteiger partial charge on any atom is -0.479 e. The molecule has 0 aliphatic heterocycles. The van der Waals surface area contributed by atoms with Crippen molar-refractivity contribution < 1.29 is 38.9 Å². The topological polar surface area (TPSA) is 187 Å². The summed E-state index contributed by atoms with van der Waals surface area (Å²) in [6, 6.07) is 14.9. The number of benzene rings is 3. The number of rotatable bonds is 10. The standard InChI is InChI=1S/C36H42N4O7.C3H6O.CH2O/c1-21-8-10-27(18-26(21)20-40(7)35(45)47-36(4,5)6)39-34(44)46-15-13-29-22(2)16-25(17-23(29)3)31(33(42)43)38-28-11-9-24-12-14-37-32(41)30(24)19-28;4-3-1-2-3;1-2/h8-12,14,16-19,31,38H,13,15,20H2,1-7H3,(H,37,41)(H,39,44)(H,42,43);3-4H,1-2H2;1H2. The van der Waals surface area contributed by atoms with E-state index in [0.717, 1.165) is 46.0 Å². The van der Waals surface area contributed by atoms with E-state index in [4.69, 9.17) is 19.4 Å². The molecule has 5 rings (SSSR count). The van der Waals surface area contributed by atoms with Crippen molar-refractivity contribution in [1.29, 1.82) is 0 Å². The van der Waals surface area contributed by atoms with Crippen LogP contribution in [0.1, 0.15) is 73.0 Å². The molecule has 1 unspecified atom stereocenters. The SMILES string of the molecule is C=O.Cc1ccc(NC(=O)OCCc2c(C)cc(C(Nc3ccc4cc[nH]c(=O)c4c3)C(=O)O)cc2C)cc1CN(C)C(=O)OC(C)(C)C.OC1CC1. The number of carboxylic acids is 1. The van der Waals surface area contributed by atoms with Crippen LogP contribution >= 0.6 is 0 Å². The fourth-order valence-electron chi connectivity index (χ4n) is 5.37. The smallest absolute Gasteiger partial charge is 0.411 e. The summed E-state index contributed by atoms with van der Waals surface area (Å²) in [6.07, 6.45) is 3.12. The summed E-state index contributed by atoms with van der Waals surface area (Å²) in [5, 5.41) is 25.2. The number of aromatic amines is 1. The molecular formula is C40H50N4O9. The van der Waals surface area contributed by atoms with Crippen LogP contribution in [0.3, 0.4) is 0 Å². The highest BCUT2D eigenvalue weighted by Crippen LogP contribution is 2.27. The van der Waals surface area contributed by atoms with Gasteiger partial charge < -0.3 is 39.7 Å². The number of aliphatic carboxylic acids is 1. The highest BCUT2D eigenvalue weighted by Gasteiger charge is 2.23. The minimum atomic E-state index is -1.06. The van der Waals surface area contributed by atoms with Gasteiger partial charge in [0.05, 0.1) is 12.7 Å². The zero-order valence-electron chi connectivity index (χ0n) is 31.4. The number of amides is 2. The molecule has 3 aromatic carbocycles. The van der Waals surface area contributed by atoms with E-state index < -0.39 is 29.8 Å². The van der Waals surface area contributed by atoms with Crippen LogP contribution < -0.4 is 16.2 Å². The molecule has 0 saturated heterocycles. The van der Waals surface area contributed by atoms with Gasteiger partial charge in [-0.15, -0.1) is 0 Å². The Bertz CT molecular complexity index is 1940. The van der Waals surface area contributed by atoms with Crippen LogP contribution in [0, 0.1) is 20.8 Å². The number of fused-ring (bicyclic) bond motifs is 1. The molecule has 1 atom stereocenters. The predicted octanol–water partition coefficient (Wildman–Crippen LogP) is 6.81. The largest absolute Gasteiger partial charge is 0.479 e. The van der Waals surface area contributed by atoms with Gasteiger partial charge in [0.15, 0.2) is 6.04 Å². The van der Waals surface area contributed by atoms with Crippen LogP contribution in [0.15, 0.2) is 65.6 Å². The van der Waals surface area contributed by atoms with Gasteiger partial charge in [0.2, 0.25) is 0 Å².